The number of hydrogen-bond donors (Lipinski definition) is 1. The van der Waals surface area contributed by atoms with Crippen molar-refractivity contribution in [3.63, 3.8) is 0 Å². The molecule has 5 nitrogen and oxygen atoms in total. The number of aliphatic hydroxyl groups excluding tert-OH is 1. The largest absolute Gasteiger partial charge is 0.493 e. The van der Waals surface area contributed by atoms with E-state index >= 15 is 0 Å². The van der Waals surface area contributed by atoms with Crippen LogP contribution in [0.25, 0.3) is 22.2 Å². The van der Waals surface area contributed by atoms with Gasteiger partial charge in [0.15, 0.2) is 11.5 Å². The fourth-order valence-electron chi connectivity index (χ4n) is 4.20. The normalized spacial score (nSPS) is 17.0. The van der Waals surface area contributed by atoms with Crippen molar-refractivity contribution in [2.24, 2.45) is 0 Å². The Labute approximate surface area is 171 Å². The predicted octanol–water partition coefficient (Wildman–Crippen LogP) is 4.18. The van der Waals surface area contributed by atoms with Crippen LogP contribution in [0, 0.1) is 6.92 Å². The highest BCUT2D eigenvalue weighted by atomic mass is 16.5. The van der Waals surface area contributed by atoms with E-state index in [1.54, 1.807) is 14.2 Å². The van der Waals surface area contributed by atoms with Crippen LogP contribution in [-0.2, 0) is 6.54 Å². The maximum Gasteiger partial charge on any atom is 0.161 e. The van der Waals surface area contributed by atoms with E-state index < -0.39 is 0 Å². The van der Waals surface area contributed by atoms with E-state index in [1.807, 2.05) is 18.2 Å². The van der Waals surface area contributed by atoms with Crippen LogP contribution in [0.2, 0.25) is 0 Å². The molecule has 29 heavy (non-hydrogen) atoms. The number of rotatable bonds is 6. The third-order valence-electron chi connectivity index (χ3n) is 5.79. The summed E-state index contributed by atoms with van der Waals surface area (Å²) in [6.45, 7) is 4.06. The molecule has 2 aromatic carbocycles. The van der Waals surface area contributed by atoms with Gasteiger partial charge in [0.25, 0.3) is 0 Å². The summed E-state index contributed by atoms with van der Waals surface area (Å²) in [4.78, 5) is 7.41. The number of aromatic nitrogens is 1. The highest BCUT2D eigenvalue weighted by Gasteiger charge is 2.25. The first-order chi connectivity index (χ1) is 14.1. The van der Waals surface area contributed by atoms with Crippen molar-refractivity contribution in [2.45, 2.75) is 32.4 Å². The molecular weight excluding hydrogens is 364 g/mol. The Hall–Kier alpha value is -2.63. The van der Waals surface area contributed by atoms with Crippen LogP contribution in [0.4, 0.5) is 0 Å². The van der Waals surface area contributed by atoms with Crippen LogP contribution in [0.15, 0.2) is 42.5 Å². The molecule has 0 amide bonds. The van der Waals surface area contributed by atoms with Gasteiger partial charge in [0.1, 0.15) is 0 Å². The first kappa shape index (κ1) is 19.7. The number of pyridine rings is 1. The van der Waals surface area contributed by atoms with E-state index in [2.05, 4.69) is 36.1 Å². The summed E-state index contributed by atoms with van der Waals surface area (Å²) in [5.74, 6) is 1.39. The minimum absolute atomic E-state index is 0.200. The van der Waals surface area contributed by atoms with Crippen LogP contribution in [0.3, 0.4) is 0 Å². The van der Waals surface area contributed by atoms with E-state index in [0.717, 1.165) is 53.7 Å². The fourth-order valence-corrected chi connectivity index (χ4v) is 4.20. The Morgan fingerprint density at radius 3 is 2.66 bits per heavy atom. The van der Waals surface area contributed by atoms with Gasteiger partial charge in [0.2, 0.25) is 0 Å². The van der Waals surface area contributed by atoms with Gasteiger partial charge in [0.05, 0.1) is 32.0 Å². The first-order valence-electron chi connectivity index (χ1n) is 10.1. The summed E-state index contributed by atoms with van der Waals surface area (Å²) in [7, 11) is 3.29. The van der Waals surface area contributed by atoms with Crippen LogP contribution in [0.5, 0.6) is 11.5 Å². The molecule has 0 radical (unpaired) electrons. The molecule has 152 valence electrons. The minimum Gasteiger partial charge on any atom is -0.493 e. The highest BCUT2D eigenvalue weighted by molar-refractivity contribution is 5.84. The van der Waals surface area contributed by atoms with Gasteiger partial charge >= 0.3 is 0 Å². The Balaban J connectivity index is 1.83. The van der Waals surface area contributed by atoms with Crippen molar-refractivity contribution >= 4 is 10.9 Å². The molecule has 3 aromatic rings. The van der Waals surface area contributed by atoms with E-state index in [-0.39, 0.29) is 12.6 Å². The Bertz CT molecular complexity index is 1020. The predicted molar refractivity (Wildman–Crippen MR) is 116 cm³/mol. The zero-order chi connectivity index (χ0) is 20.4. The van der Waals surface area contributed by atoms with Crippen LogP contribution < -0.4 is 9.47 Å². The molecule has 1 atom stereocenters. The number of aryl methyl sites for hydroxylation is 1. The second-order valence-electron chi connectivity index (χ2n) is 7.71. The number of benzene rings is 2. The smallest absolute Gasteiger partial charge is 0.161 e. The number of ether oxygens (including phenoxy) is 2. The van der Waals surface area contributed by atoms with E-state index in [1.165, 1.54) is 5.56 Å². The summed E-state index contributed by atoms with van der Waals surface area (Å²) in [6, 6.07) is 14.8. The summed E-state index contributed by atoms with van der Waals surface area (Å²) in [5.41, 5.74) is 5.29. The molecule has 1 saturated heterocycles. The van der Waals surface area contributed by atoms with Crippen LogP contribution in [-0.4, -0.2) is 48.4 Å². The maximum absolute atomic E-state index is 9.74. The number of aliphatic hydroxyl groups is 1. The standard InChI is InChI=1S/C24H28N2O3/c1-16-6-7-17-12-19(14-26-10-4-5-20(26)15-27)24(25-21(17)11-16)18-8-9-22(28-2)23(13-18)29-3/h6-9,11-13,20,27H,4-5,10,14-15H2,1-3H3/t20-/m0/s1. The molecule has 1 aliphatic rings. The molecule has 1 fully saturated rings. The summed E-state index contributed by atoms with van der Waals surface area (Å²) in [5, 5.41) is 10.9. The Kier molecular flexibility index (Phi) is 5.69. The molecule has 0 bridgehead atoms. The highest BCUT2D eigenvalue weighted by Crippen LogP contribution is 2.35. The molecule has 1 aromatic heterocycles. The van der Waals surface area contributed by atoms with Gasteiger partial charge in [-0.25, -0.2) is 4.98 Å². The van der Waals surface area contributed by atoms with Gasteiger partial charge in [-0.2, -0.15) is 0 Å². The molecule has 0 aliphatic carbocycles. The molecule has 2 heterocycles. The topological polar surface area (TPSA) is 54.8 Å². The number of hydrogen-bond acceptors (Lipinski definition) is 5. The summed E-state index contributed by atoms with van der Waals surface area (Å²) in [6.07, 6.45) is 2.17. The SMILES string of the molecule is COc1ccc(-c2nc3cc(C)ccc3cc2CN2CCC[C@H]2CO)cc1OC. The Morgan fingerprint density at radius 1 is 1.07 bits per heavy atom. The molecule has 1 N–H and O–H groups in total. The number of fused-ring (bicyclic) bond motifs is 1. The lowest BCUT2D eigenvalue weighted by molar-refractivity contribution is 0.153. The number of nitrogens with zero attached hydrogens (tertiary/aromatic N) is 2. The molecule has 0 spiro atoms. The van der Waals surface area contributed by atoms with Crippen molar-refractivity contribution < 1.29 is 14.6 Å². The van der Waals surface area contributed by atoms with Gasteiger partial charge in [0, 0.05) is 23.5 Å². The van der Waals surface area contributed by atoms with Gasteiger partial charge in [-0.15, -0.1) is 0 Å². The van der Waals surface area contributed by atoms with Gasteiger partial charge in [-0.05, 0) is 67.8 Å². The number of likely N-dealkylation sites (tertiary alicyclic amines) is 1. The zero-order valence-electron chi connectivity index (χ0n) is 17.3. The van der Waals surface area contributed by atoms with E-state index in [0.29, 0.717) is 11.5 Å². The second kappa shape index (κ2) is 8.39. The lowest BCUT2D eigenvalue weighted by Gasteiger charge is -2.24. The van der Waals surface area contributed by atoms with Crippen molar-refractivity contribution in [3.8, 4) is 22.8 Å². The molecule has 5 heteroatoms. The molecule has 0 saturated carbocycles. The third-order valence-corrected chi connectivity index (χ3v) is 5.79. The molecule has 4 rings (SSSR count). The monoisotopic (exact) mass is 392 g/mol. The Morgan fingerprint density at radius 2 is 1.90 bits per heavy atom. The van der Waals surface area contributed by atoms with Crippen LogP contribution in [0.1, 0.15) is 24.0 Å². The maximum atomic E-state index is 9.74. The molecule has 0 unspecified atom stereocenters. The van der Waals surface area contributed by atoms with E-state index in [4.69, 9.17) is 14.5 Å². The van der Waals surface area contributed by atoms with Crippen LogP contribution >= 0.6 is 0 Å². The average Bonchev–Trinajstić information content (AvgIpc) is 3.20. The van der Waals surface area contributed by atoms with Crippen molar-refractivity contribution in [1.29, 1.82) is 0 Å². The first-order valence-corrected chi connectivity index (χ1v) is 10.1. The van der Waals surface area contributed by atoms with Gasteiger partial charge in [-0.1, -0.05) is 12.1 Å². The summed E-state index contributed by atoms with van der Waals surface area (Å²) < 4.78 is 10.9. The average molecular weight is 392 g/mol. The molecular formula is C24H28N2O3. The van der Waals surface area contributed by atoms with Gasteiger partial charge < -0.3 is 14.6 Å². The third kappa shape index (κ3) is 3.93. The lowest BCUT2D eigenvalue weighted by Crippen LogP contribution is -2.31. The lowest BCUT2D eigenvalue weighted by atomic mass is 10.0. The van der Waals surface area contributed by atoms with Crippen molar-refractivity contribution in [1.82, 2.24) is 9.88 Å². The van der Waals surface area contributed by atoms with Crippen molar-refractivity contribution in [3.05, 3.63) is 53.6 Å². The zero-order valence-corrected chi connectivity index (χ0v) is 17.3. The van der Waals surface area contributed by atoms with E-state index in [9.17, 15) is 5.11 Å². The minimum atomic E-state index is 0.200. The van der Waals surface area contributed by atoms with Gasteiger partial charge in [-0.3, -0.25) is 4.90 Å². The number of methoxy groups -OCH3 is 2. The quantitative estimate of drug-likeness (QED) is 0.682. The summed E-state index contributed by atoms with van der Waals surface area (Å²) >= 11 is 0. The van der Waals surface area contributed by atoms with Crippen molar-refractivity contribution in [2.75, 3.05) is 27.4 Å². The second-order valence-corrected chi connectivity index (χ2v) is 7.71. The fraction of sp³-hybridized carbons (Fsp3) is 0.375. The molecule has 1 aliphatic heterocycles.